The zero-order chi connectivity index (χ0) is 21.9. The molecule has 1 aromatic heterocycles. The molecule has 0 spiro atoms. The zero-order valence-electron chi connectivity index (χ0n) is 18.3. The van der Waals surface area contributed by atoms with Gasteiger partial charge in [-0.1, -0.05) is 0 Å². The minimum atomic E-state index is -0.118. The van der Waals surface area contributed by atoms with Gasteiger partial charge in [0.05, 0.1) is 45.3 Å². The zero-order valence-corrected chi connectivity index (χ0v) is 18.3. The maximum atomic E-state index is 12.8. The van der Waals surface area contributed by atoms with Crippen LogP contribution in [0.1, 0.15) is 11.1 Å². The predicted molar refractivity (Wildman–Crippen MR) is 117 cm³/mol. The normalized spacial score (nSPS) is 22.7. The van der Waals surface area contributed by atoms with Gasteiger partial charge in [-0.3, -0.25) is 4.79 Å². The molecule has 0 N–H and O–H groups in total. The van der Waals surface area contributed by atoms with Crippen molar-refractivity contribution in [2.75, 3.05) is 52.9 Å². The SMILES string of the molecule is Cc1c(OC[C@@H]2COCCO2)cc(=O)n2c1-c1ccc(OC[C@@H]3COCCO3)cc1CC2. The summed E-state index contributed by atoms with van der Waals surface area (Å²) in [5.74, 6) is 1.39. The van der Waals surface area contributed by atoms with Crippen LogP contribution in [0.25, 0.3) is 11.3 Å². The number of fused-ring (bicyclic) bond motifs is 3. The fourth-order valence-electron chi connectivity index (χ4n) is 4.41. The van der Waals surface area contributed by atoms with E-state index >= 15 is 0 Å². The second-order valence-electron chi connectivity index (χ2n) is 8.30. The van der Waals surface area contributed by atoms with Crippen LogP contribution in [0.2, 0.25) is 0 Å². The summed E-state index contributed by atoms with van der Waals surface area (Å²) < 4.78 is 36.0. The van der Waals surface area contributed by atoms with Gasteiger partial charge in [-0.2, -0.15) is 0 Å². The summed E-state index contributed by atoms with van der Waals surface area (Å²) >= 11 is 0. The number of hydrogen-bond acceptors (Lipinski definition) is 7. The summed E-state index contributed by atoms with van der Waals surface area (Å²) in [5.41, 5.74) is 4.00. The molecular formula is C24H29NO7. The van der Waals surface area contributed by atoms with Crippen LogP contribution in [0.15, 0.2) is 29.1 Å². The second kappa shape index (κ2) is 9.62. The summed E-state index contributed by atoms with van der Waals surface area (Å²) in [6.45, 7) is 6.93. The maximum absolute atomic E-state index is 12.8. The van der Waals surface area contributed by atoms with Crippen molar-refractivity contribution in [1.82, 2.24) is 4.57 Å². The van der Waals surface area contributed by atoms with E-state index in [1.54, 1.807) is 6.07 Å². The predicted octanol–water partition coefficient (Wildman–Crippen LogP) is 1.97. The van der Waals surface area contributed by atoms with Gasteiger partial charge in [0.25, 0.3) is 5.56 Å². The van der Waals surface area contributed by atoms with Crippen molar-refractivity contribution in [3.05, 3.63) is 45.7 Å². The van der Waals surface area contributed by atoms with Crippen molar-refractivity contribution >= 4 is 0 Å². The van der Waals surface area contributed by atoms with Crippen molar-refractivity contribution < 1.29 is 28.4 Å². The molecule has 2 saturated heterocycles. The lowest BCUT2D eigenvalue weighted by Gasteiger charge is -2.27. The van der Waals surface area contributed by atoms with Crippen LogP contribution >= 0.6 is 0 Å². The Labute approximate surface area is 186 Å². The molecule has 0 unspecified atom stereocenters. The smallest absolute Gasteiger partial charge is 0.254 e. The molecule has 4 heterocycles. The Morgan fingerprint density at radius 1 is 0.969 bits per heavy atom. The fraction of sp³-hybridized carbons (Fsp3) is 0.542. The highest BCUT2D eigenvalue weighted by Gasteiger charge is 2.24. The lowest BCUT2D eigenvalue weighted by atomic mass is 9.94. The molecule has 5 rings (SSSR count). The third kappa shape index (κ3) is 4.54. The summed E-state index contributed by atoms with van der Waals surface area (Å²) in [6, 6.07) is 7.62. The number of benzene rings is 1. The molecule has 3 aliphatic heterocycles. The first kappa shape index (κ1) is 21.5. The largest absolute Gasteiger partial charge is 0.491 e. The third-order valence-corrected chi connectivity index (χ3v) is 6.08. The average molecular weight is 443 g/mol. The van der Waals surface area contributed by atoms with Crippen LogP contribution in [0, 0.1) is 6.92 Å². The Morgan fingerprint density at radius 3 is 2.38 bits per heavy atom. The minimum absolute atomic E-state index is 0.0421. The van der Waals surface area contributed by atoms with Gasteiger partial charge in [0.2, 0.25) is 0 Å². The van der Waals surface area contributed by atoms with E-state index in [1.165, 1.54) is 0 Å². The van der Waals surface area contributed by atoms with Gasteiger partial charge in [0, 0.05) is 23.7 Å². The molecule has 0 saturated carbocycles. The first-order valence-corrected chi connectivity index (χ1v) is 11.2. The Balaban J connectivity index is 1.35. The molecule has 1 aromatic carbocycles. The average Bonchev–Trinajstić information content (AvgIpc) is 2.84. The number of aromatic nitrogens is 1. The van der Waals surface area contributed by atoms with E-state index in [4.69, 9.17) is 28.4 Å². The lowest BCUT2D eigenvalue weighted by molar-refractivity contribution is -0.101. The molecule has 8 nitrogen and oxygen atoms in total. The van der Waals surface area contributed by atoms with Crippen molar-refractivity contribution in [3.63, 3.8) is 0 Å². The molecule has 0 amide bonds. The lowest BCUT2D eigenvalue weighted by Crippen LogP contribution is -2.34. The first-order valence-electron chi connectivity index (χ1n) is 11.2. The van der Waals surface area contributed by atoms with Crippen LogP contribution in [-0.2, 0) is 31.9 Å². The highest BCUT2D eigenvalue weighted by atomic mass is 16.6. The molecular weight excluding hydrogens is 414 g/mol. The van der Waals surface area contributed by atoms with Gasteiger partial charge in [-0.05, 0) is 37.1 Å². The summed E-state index contributed by atoms with van der Waals surface area (Å²) in [5, 5.41) is 0. The molecule has 2 fully saturated rings. The van der Waals surface area contributed by atoms with E-state index in [1.807, 2.05) is 23.6 Å². The van der Waals surface area contributed by atoms with E-state index in [-0.39, 0.29) is 17.8 Å². The molecule has 32 heavy (non-hydrogen) atoms. The fourth-order valence-corrected chi connectivity index (χ4v) is 4.41. The molecule has 2 aromatic rings. The van der Waals surface area contributed by atoms with E-state index in [2.05, 4.69) is 6.07 Å². The van der Waals surface area contributed by atoms with Gasteiger partial charge in [0.15, 0.2) is 0 Å². The van der Waals surface area contributed by atoms with Gasteiger partial charge >= 0.3 is 0 Å². The van der Waals surface area contributed by atoms with Crippen molar-refractivity contribution in [1.29, 1.82) is 0 Å². The number of aryl methyl sites for hydroxylation is 1. The number of hydrogen-bond donors (Lipinski definition) is 0. The molecule has 0 radical (unpaired) electrons. The first-order chi connectivity index (χ1) is 15.7. The van der Waals surface area contributed by atoms with Gasteiger partial charge < -0.3 is 33.0 Å². The molecule has 0 bridgehead atoms. The highest BCUT2D eigenvalue weighted by Crippen LogP contribution is 2.36. The minimum Gasteiger partial charge on any atom is -0.491 e. The van der Waals surface area contributed by atoms with E-state index in [0.29, 0.717) is 65.1 Å². The molecule has 8 heteroatoms. The van der Waals surface area contributed by atoms with E-state index < -0.39 is 0 Å². The Hall–Kier alpha value is -2.39. The number of rotatable bonds is 6. The topological polar surface area (TPSA) is 77.4 Å². The van der Waals surface area contributed by atoms with Crippen molar-refractivity contribution in [2.24, 2.45) is 0 Å². The van der Waals surface area contributed by atoms with Gasteiger partial charge in [-0.25, -0.2) is 0 Å². The van der Waals surface area contributed by atoms with Crippen LogP contribution in [-0.4, -0.2) is 69.6 Å². The van der Waals surface area contributed by atoms with Crippen LogP contribution in [0.3, 0.4) is 0 Å². The van der Waals surface area contributed by atoms with Crippen molar-refractivity contribution in [2.45, 2.75) is 32.1 Å². The summed E-state index contributed by atoms with van der Waals surface area (Å²) in [6.07, 6.45) is 0.613. The Bertz CT molecular complexity index is 1010. The quantitative estimate of drug-likeness (QED) is 0.676. The van der Waals surface area contributed by atoms with Gasteiger partial charge in [-0.15, -0.1) is 0 Å². The molecule has 172 valence electrons. The third-order valence-electron chi connectivity index (χ3n) is 6.08. The Morgan fingerprint density at radius 2 is 1.69 bits per heavy atom. The van der Waals surface area contributed by atoms with E-state index in [0.717, 1.165) is 34.6 Å². The van der Waals surface area contributed by atoms with Crippen LogP contribution in [0.4, 0.5) is 0 Å². The monoisotopic (exact) mass is 443 g/mol. The summed E-state index contributed by atoms with van der Waals surface area (Å²) in [4.78, 5) is 12.8. The Kier molecular flexibility index (Phi) is 6.45. The maximum Gasteiger partial charge on any atom is 0.254 e. The molecule has 2 atom stereocenters. The van der Waals surface area contributed by atoms with E-state index in [9.17, 15) is 4.79 Å². The summed E-state index contributed by atoms with van der Waals surface area (Å²) in [7, 11) is 0. The number of ether oxygens (including phenoxy) is 6. The molecule has 0 aliphatic carbocycles. The van der Waals surface area contributed by atoms with Crippen molar-refractivity contribution in [3.8, 4) is 22.8 Å². The number of nitrogens with zero attached hydrogens (tertiary/aromatic N) is 1. The standard InChI is InChI=1S/C24H29NO7/c1-16-22(32-15-20-13-28-7-9-30-20)11-23(26)25-5-4-17-10-18(2-3-21(17)24(16)25)31-14-19-12-27-6-8-29-19/h2-3,10-11,19-20H,4-9,12-15H2,1H3/t19-,20-/m0/s1. The van der Waals surface area contributed by atoms with Crippen LogP contribution in [0.5, 0.6) is 11.5 Å². The van der Waals surface area contributed by atoms with Gasteiger partial charge in [0.1, 0.15) is 36.9 Å². The second-order valence-corrected chi connectivity index (χ2v) is 8.30. The van der Waals surface area contributed by atoms with Crippen LogP contribution < -0.4 is 15.0 Å². The highest BCUT2D eigenvalue weighted by molar-refractivity contribution is 5.71. The molecule has 3 aliphatic rings. The number of pyridine rings is 1.